The van der Waals surface area contributed by atoms with Crippen LogP contribution >= 0.6 is 39.0 Å². The Kier molecular flexibility index (Phi) is 4.28. The molecule has 0 saturated carbocycles. The van der Waals surface area contributed by atoms with Gasteiger partial charge in [0.25, 0.3) is 5.91 Å². The number of thiazole rings is 1. The van der Waals surface area contributed by atoms with Crippen molar-refractivity contribution in [1.29, 1.82) is 0 Å². The Morgan fingerprint density at radius 2 is 2.00 bits per heavy atom. The Morgan fingerprint density at radius 1 is 1.24 bits per heavy atom. The lowest BCUT2D eigenvalue weighted by atomic mass is 10.2. The number of hydrogen-bond donors (Lipinski definition) is 1. The van der Waals surface area contributed by atoms with Crippen molar-refractivity contribution < 1.29 is 4.79 Å². The molecule has 2 aromatic carbocycles. The zero-order chi connectivity index (χ0) is 14.8. The van der Waals surface area contributed by atoms with E-state index in [1.54, 1.807) is 23.9 Å². The molecule has 1 heterocycles. The van der Waals surface area contributed by atoms with Gasteiger partial charge in [-0.1, -0.05) is 27.3 Å². The molecule has 0 spiro atoms. The highest BCUT2D eigenvalue weighted by Gasteiger charge is 2.10. The minimum atomic E-state index is -0.147. The predicted octanol–water partition coefficient (Wildman–Crippen LogP) is 5.03. The minimum absolute atomic E-state index is 0.147. The number of aromatic nitrogens is 1. The number of amides is 1. The van der Waals surface area contributed by atoms with Crippen molar-refractivity contribution >= 4 is 60.3 Å². The second-order valence-corrected chi connectivity index (χ2v) is 7.14. The fourth-order valence-electron chi connectivity index (χ4n) is 1.86. The molecule has 106 valence electrons. The SMILES string of the molecule is CSc1ccc2nc(NC(=O)c3ccc(Br)cc3)sc2c1. The first kappa shape index (κ1) is 14.6. The molecule has 0 radical (unpaired) electrons. The highest BCUT2D eigenvalue weighted by atomic mass is 79.9. The van der Waals surface area contributed by atoms with Gasteiger partial charge < -0.3 is 0 Å². The topological polar surface area (TPSA) is 42.0 Å². The van der Waals surface area contributed by atoms with Crippen LogP contribution in [0.2, 0.25) is 0 Å². The molecule has 1 amide bonds. The lowest BCUT2D eigenvalue weighted by Crippen LogP contribution is -2.11. The van der Waals surface area contributed by atoms with Crippen molar-refractivity contribution in [2.24, 2.45) is 0 Å². The first-order valence-electron chi connectivity index (χ1n) is 6.17. The van der Waals surface area contributed by atoms with Gasteiger partial charge in [-0.25, -0.2) is 4.98 Å². The van der Waals surface area contributed by atoms with E-state index in [0.717, 1.165) is 14.7 Å². The number of nitrogens with one attached hydrogen (secondary N) is 1. The number of rotatable bonds is 3. The van der Waals surface area contributed by atoms with E-state index < -0.39 is 0 Å². The standard InChI is InChI=1S/C15H11BrN2OS2/c1-20-11-6-7-12-13(8-11)21-15(17-12)18-14(19)9-2-4-10(16)5-3-9/h2-8H,1H3,(H,17,18,19). The van der Waals surface area contributed by atoms with Crippen LogP contribution in [0.3, 0.4) is 0 Å². The van der Waals surface area contributed by atoms with Gasteiger partial charge in [0.05, 0.1) is 10.2 Å². The summed E-state index contributed by atoms with van der Waals surface area (Å²) in [6.07, 6.45) is 2.04. The molecular formula is C15H11BrN2OS2. The van der Waals surface area contributed by atoms with Gasteiger partial charge in [0.2, 0.25) is 0 Å². The Morgan fingerprint density at radius 3 is 2.71 bits per heavy atom. The highest BCUT2D eigenvalue weighted by molar-refractivity contribution is 9.10. The maximum Gasteiger partial charge on any atom is 0.257 e. The number of fused-ring (bicyclic) bond motifs is 1. The third kappa shape index (κ3) is 3.28. The smallest absolute Gasteiger partial charge is 0.257 e. The zero-order valence-electron chi connectivity index (χ0n) is 11.1. The van der Waals surface area contributed by atoms with Gasteiger partial charge in [-0.2, -0.15) is 0 Å². The van der Waals surface area contributed by atoms with Crippen LogP contribution in [0.1, 0.15) is 10.4 Å². The Bertz CT molecular complexity index is 799. The average molecular weight is 379 g/mol. The Balaban J connectivity index is 1.84. The summed E-state index contributed by atoms with van der Waals surface area (Å²) in [5.74, 6) is -0.147. The summed E-state index contributed by atoms with van der Waals surface area (Å²) in [5.41, 5.74) is 1.52. The summed E-state index contributed by atoms with van der Waals surface area (Å²) in [6.45, 7) is 0. The molecule has 0 unspecified atom stereocenters. The van der Waals surface area contributed by atoms with Crippen molar-refractivity contribution in [2.45, 2.75) is 4.90 Å². The highest BCUT2D eigenvalue weighted by Crippen LogP contribution is 2.29. The van der Waals surface area contributed by atoms with Crippen molar-refractivity contribution in [3.05, 3.63) is 52.5 Å². The average Bonchev–Trinajstić information content (AvgIpc) is 2.88. The summed E-state index contributed by atoms with van der Waals surface area (Å²) >= 11 is 6.53. The van der Waals surface area contributed by atoms with Gasteiger partial charge in [0.15, 0.2) is 5.13 Å². The van der Waals surface area contributed by atoms with Crippen molar-refractivity contribution in [3.8, 4) is 0 Å². The lowest BCUT2D eigenvalue weighted by molar-refractivity contribution is 0.102. The van der Waals surface area contributed by atoms with Crippen LogP contribution in [0.4, 0.5) is 5.13 Å². The van der Waals surface area contributed by atoms with Crippen LogP contribution in [0.25, 0.3) is 10.2 Å². The van der Waals surface area contributed by atoms with E-state index in [2.05, 4.69) is 32.3 Å². The molecule has 0 aliphatic heterocycles. The van der Waals surface area contributed by atoms with Gasteiger partial charge in [-0.3, -0.25) is 10.1 Å². The van der Waals surface area contributed by atoms with Crippen LogP contribution in [0, 0.1) is 0 Å². The molecule has 1 N–H and O–H groups in total. The van der Waals surface area contributed by atoms with E-state index in [9.17, 15) is 4.79 Å². The van der Waals surface area contributed by atoms with Gasteiger partial charge in [-0.15, -0.1) is 11.8 Å². The molecule has 0 aliphatic carbocycles. The normalized spacial score (nSPS) is 10.8. The van der Waals surface area contributed by atoms with E-state index in [1.807, 2.05) is 30.5 Å². The third-order valence-corrected chi connectivity index (χ3v) is 5.11. The zero-order valence-corrected chi connectivity index (χ0v) is 14.3. The number of thioether (sulfide) groups is 1. The molecule has 6 heteroatoms. The number of nitrogens with zero attached hydrogens (tertiary/aromatic N) is 1. The van der Waals surface area contributed by atoms with E-state index in [0.29, 0.717) is 10.7 Å². The van der Waals surface area contributed by atoms with E-state index >= 15 is 0 Å². The predicted molar refractivity (Wildman–Crippen MR) is 93.5 cm³/mol. The van der Waals surface area contributed by atoms with Crippen molar-refractivity contribution in [2.75, 3.05) is 11.6 Å². The van der Waals surface area contributed by atoms with E-state index in [1.165, 1.54) is 16.2 Å². The number of carbonyl (C=O) groups excluding carboxylic acids is 1. The van der Waals surface area contributed by atoms with E-state index in [4.69, 9.17) is 0 Å². The molecule has 1 aromatic heterocycles. The van der Waals surface area contributed by atoms with Crippen LogP contribution in [0.5, 0.6) is 0 Å². The summed E-state index contributed by atoms with van der Waals surface area (Å²) in [6, 6.07) is 13.3. The van der Waals surface area contributed by atoms with Crippen molar-refractivity contribution in [3.63, 3.8) is 0 Å². The fraction of sp³-hybridized carbons (Fsp3) is 0.0667. The molecule has 3 aromatic rings. The molecule has 3 rings (SSSR count). The first-order chi connectivity index (χ1) is 10.2. The fourth-order valence-corrected chi connectivity index (χ4v) is 3.53. The van der Waals surface area contributed by atoms with Gasteiger partial charge in [-0.05, 0) is 48.7 Å². The molecule has 0 atom stereocenters. The molecule has 0 aliphatic rings. The largest absolute Gasteiger partial charge is 0.298 e. The lowest BCUT2D eigenvalue weighted by Gasteiger charge is -2.01. The Hall–Kier alpha value is -1.37. The van der Waals surface area contributed by atoms with Gasteiger partial charge in [0, 0.05) is 14.9 Å². The van der Waals surface area contributed by atoms with Crippen LogP contribution in [0.15, 0.2) is 51.8 Å². The number of benzene rings is 2. The maximum atomic E-state index is 12.2. The molecule has 0 fully saturated rings. The van der Waals surface area contributed by atoms with Gasteiger partial charge in [0.1, 0.15) is 0 Å². The summed E-state index contributed by atoms with van der Waals surface area (Å²) in [4.78, 5) is 17.8. The Labute approximate surface area is 138 Å². The number of anilines is 1. The third-order valence-electron chi connectivity index (χ3n) is 2.92. The van der Waals surface area contributed by atoms with Gasteiger partial charge >= 0.3 is 0 Å². The second kappa shape index (κ2) is 6.17. The monoisotopic (exact) mass is 378 g/mol. The van der Waals surface area contributed by atoms with Crippen LogP contribution in [-0.2, 0) is 0 Å². The van der Waals surface area contributed by atoms with Crippen LogP contribution in [-0.4, -0.2) is 17.1 Å². The second-order valence-electron chi connectivity index (χ2n) is 4.31. The maximum absolute atomic E-state index is 12.2. The minimum Gasteiger partial charge on any atom is -0.298 e. The van der Waals surface area contributed by atoms with Crippen molar-refractivity contribution in [1.82, 2.24) is 4.98 Å². The summed E-state index contributed by atoms with van der Waals surface area (Å²) < 4.78 is 2.02. The molecule has 0 saturated heterocycles. The molecule has 0 bridgehead atoms. The van der Waals surface area contributed by atoms with E-state index in [-0.39, 0.29) is 5.91 Å². The van der Waals surface area contributed by atoms with Crippen LogP contribution < -0.4 is 5.32 Å². The summed E-state index contributed by atoms with van der Waals surface area (Å²) in [5, 5.41) is 3.47. The number of halogens is 1. The molecule has 3 nitrogen and oxygen atoms in total. The number of carbonyl (C=O) groups is 1. The molecular weight excluding hydrogens is 368 g/mol. The summed E-state index contributed by atoms with van der Waals surface area (Å²) in [7, 11) is 0. The number of hydrogen-bond acceptors (Lipinski definition) is 4. The first-order valence-corrected chi connectivity index (χ1v) is 9.00. The quantitative estimate of drug-likeness (QED) is 0.649. The molecule has 21 heavy (non-hydrogen) atoms.